The van der Waals surface area contributed by atoms with Crippen LogP contribution in [0.2, 0.25) is 0 Å². The van der Waals surface area contributed by atoms with Gasteiger partial charge in [-0.25, -0.2) is 4.98 Å². The van der Waals surface area contributed by atoms with Crippen LogP contribution in [0.5, 0.6) is 0 Å². The summed E-state index contributed by atoms with van der Waals surface area (Å²) in [7, 11) is 0. The summed E-state index contributed by atoms with van der Waals surface area (Å²) < 4.78 is 2.09. The minimum Gasteiger partial charge on any atom is -0.350 e. The Balaban J connectivity index is 1.53. The molecule has 0 saturated heterocycles. The van der Waals surface area contributed by atoms with E-state index in [9.17, 15) is 4.79 Å². The average Bonchev–Trinajstić information content (AvgIpc) is 3.19. The third kappa shape index (κ3) is 2.50. The van der Waals surface area contributed by atoms with Crippen molar-refractivity contribution in [3.63, 3.8) is 0 Å². The molecule has 120 valence electrons. The zero-order chi connectivity index (χ0) is 16.5. The van der Waals surface area contributed by atoms with Gasteiger partial charge in [0.05, 0.1) is 36.7 Å². The first-order valence-electron chi connectivity index (χ1n) is 8.19. The van der Waals surface area contributed by atoms with Crippen LogP contribution in [0, 0.1) is 0 Å². The minimum atomic E-state index is -0.00222. The van der Waals surface area contributed by atoms with Gasteiger partial charge in [-0.15, -0.1) is 0 Å². The summed E-state index contributed by atoms with van der Waals surface area (Å²) in [6, 6.07) is 18.3. The molecule has 2 unspecified atom stereocenters. The number of nitrogens with zero attached hydrogens (tertiary/aromatic N) is 2. The van der Waals surface area contributed by atoms with Crippen molar-refractivity contribution in [3.8, 4) is 11.3 Å². The van der Waals surface area contributed by atoms with Gasteiger partial charge < -0.3 is 9.88 Å². The lowest BCUT2D eigenvalue weighted by Gasteiger charge is -2.18. The zero-order valence-electron chi connectivity index (χ0n) is 13.5. The Morgan fingerprint density at radius 1 is 1.17 bits per heavy atom. The summed E-state index contributed by atoms with van der Waals surface area (Å²) in [6.45, 7) is 2.01. The molecule has 0 saturated carbocycles. The number of nitrogens with one attached hydrogen (secondary N) is 1. The number of carbonyl (C=O) groups excluding carboxylic acids is 1. The fourth-order valence-electron chi connectivity index (χ4n) is 3.44. The average molecular weight is 317 g/mol. The summed E-state index contributed by atoms with van der Waals surface area (Å²) in [5, 5.41) is 3.10. The fourth-order valence-corrected chi connectivity index (χ4v) is 3.44. The quantitative estimate of drug-likeness (QED) is 0.797. The molecule has 4 heteroatoms. The first-order chi connectivity index (χ1) is 11.7. The summed E-state index contributed by atoms with van der Waals surface area (Å²) in [5.74, 6) is 0.0488. The molecule has 1 aromatic heterocycles. The predicted molar refractivity (Wildman–Crippen MR) is 93.4 cm³/mol. The van der Waals surface area contributed by atoms with Crippen molar-refractivity contribution in [1.29, 1.82) is 0 Å². The second kappa shape index (κ2) is 5.96. The van der Waals surface area contributed by atoms with Gasteiger partial charge in [0.25, 0.3) is 0 Å². The second-order valence-corrected chi connectivity index (χ2v) is 6.19. The molecule has 2 atom stereocenters. The lowest BCUT2D eigenvalue weighted by atomic mass is 10.0. The first kappa shape index (κ1) is 14.7. The van der Waals surface area contributed by atoms with E-state index in [1.807, 2.05) is 61.9 Å². The number of aromatic nitrogens is 2. The van der Waals surface area contributed by atoms with Crippen LogP contribution in [0.3, 0.4) is 0 Å². The van der Waals surface area contributed by atoms with Crippen LogP contribution in [0.25, 0.3) is 11.3 Å². The summed E-state index contributed by atoms with van der Waals surface area (Å²) >= 11 is 0. The molecule has 2 aromatic carbocycles. The Morgan fingerprint density at radius 2 is 1.92 bits per heavy atom. The van der Waals surface area contributed by atoms with Crippen LogP contribution in [0.4, 0.5) is 0 Å². The Labute approximate surface area is 141 Å². The van der Waals surface area contributed by atoms with E-state index in [1.165, 1.54) is 11.1 Å². The Bertz CT molecular complexity index is 869. The normalized spacial score (nSPS) is 16.3. The largest absolute Gasteiger partial charge is 0.350 e. The predicted octanol–water partition coefficient (Wildman–Crippen LogP) is 3.72. The van der Waals surface area contributed by atoms with Gasteiger partial charge in [-0.2, -0.15) is 0 Å². The zero-order valence-corrected chi connectivity index (χ0v) is 13.5. The number of hydrogen-bond acceptors (Lipinski definition) is 2. The lowest BCUT2D eigenvalue weighted by Crippen LogP contribution is -2.28. The maximum absolute atomic E-state index is 12.6. The van der Waals surface area contributed by atoms with Gasteiger partial charge in [0.15, 0.2) is 0 Å². The smallest absolute Gasteiger partial charge is 0.222 e. The number of carbonyl (C=O) groups is 1. The minimum absolute atomic E-state index is 0.00222. The summed E-state index contributed by atoms with van der Waals surface area (Å²) in [4.78, 5) is 16.8. The summed E-state index contributed by atoms with van der Waals surface area (Å²) in [5.41, 5.74) is 4.56. The highest BCUT2D eigenvalue weighted by Gasteiger charge is 2.29. The Morgan fingerprint density at radius 3 is 2.75 bits per heavy atom. The van der Waals surface area contributed by atoms with Crippen molar-refractivity contribution in [2.45, 2.75) is 25.4 Å². The molecule has 0 bridgehead atoms. The highest BCUT2D eigenvalue weighted by atomic mass is 16.1. The van der Waals surface area contributed by atoms with Crippen LogP contribution in [0.1, 0.15) is 36.6 Å². The van der Waals surface area contributed by atoms with Gasteiger partial charge in [-0.3, -0.25) is 4.79 Å². The maximum atomic E-state index is 12.6. The van der Waals surface area contributed by atoms with E-state index in [1.54, 1.807) is 0 Å². The Hall–Kier alpha value is -2.88. The molecule has 4 nitrogen and oxygen atoms in total. The number of hydrogen-bond donors (Lipinski definition) is 1. The van der Waals surface area contributed by atoms with Crippen LogP contribution in [-0.4, -0.2) is 15.5 Å². The van der Waals surface area contributed by atoms with Gasteiger partial charge in [0, 0.05) is 5.56 Å². The van der Waals surface area contributed by atoms with Crippen molar-refractivity contribution in [3.05, 3.63) is 78.2 Å². The first-order valence-corrected chi connectivity index (χ1v) is 8.19. The molecule has 0 radical (unpaired) electrons. The third-order valence-corrected chi connectivity index (χ3v) is 4.65. The topological polar surface area (TPSA) is 46.9 Å². The van der Waals surface area contributed by atoms with Crippen molar-refractivity contribution in [2.75, 3.05) is 0 Å². The molecule has 3 aromatic rings. The number of benzene rings is 2. The lowest BCUT2D eigenvalue weighted by molar-refractivity contribution is -0.122. The standard InChI is InChI=1S/C20H19N3O/c1-14(15-7-3-2-4-8-15)22-20(24)11-18-16-9-5-6-10-17(16)19-12-21-13-23(18)19/h2-10,12-14,18H,11H2,1H3,(H,22,24). The van der Waals surface area contributed by atoms with Gasteiger partial charge in [0.1, 0.15) is 0 Å². The molecule has 24 heavy (non-hydrogen) atoms. The van der Waals surface area contributed by atoms with Crippen molar-refractivity contribution < 1.29 is 4.79 Å². The van der Waals surface area contributed by atoms with Crippen LogP contribution in [0.15, 0.2) is 67.1 Å². The van der Waals surface area contributed by atoms with E-state index < -0.39 is 0 Å². The van der Waals surface area contributed by atoms with Crippen molar-refractivity contribution in [2.24, 2.45) is 0 Å². The fraction of sp³-hybridized carbons (Fsp3) is 0.200. The van der Waals surface area contributed by atoms with Gasteiger partial charge >= 0.3 is 0 Å². The van der Waals surface area contributed by atoms with Crippen molar-refractivity contribution in [1.82, 2.24) is 14.9 Å². The molecule has 0 fully saturated rings. The molecular weight excluding hydrogens is 298 g/mol. The van der Waals surface area contributed by atoms with Crippen LogP contribution in [-0.2, 0) is 4.79 Å². The van der Waals surface area contributed by atoms with Crippen LogP contribution >= 0.6 is 0 Å². The van der Waals surface area contributed by atoms with Gasteiger partial charge in [-0.05, 0) is 18.1 Å². The molecule has 2 heterocycles. The van der Waals surface area contributed by atoms with E-state index >= 15 is 0 Å². The molecule has 4 rings (SSSR count). The molecule has 0 aliphatic carbocycles. The molecular formula is C20H19N3O. The van der Waals surface area contributed by atoms with E-state index in [0.29, 0.717) is 6.42 Å². The van der Waals surface area contributed by atoms with Crippen LogP contribution < -0.4 is 5.32 Å². The van der Waals surface area contributed by atoms with E-state index in [-0.39, 0.29) is 18.0 Å². The number of fused-ring (bicyclic) bond motifs is 3. The highest BCUT2D eigenvalue weighted by Crippen LogP contribution is 2.40. The molecule has 1 N–H and O–H groups in total. The number of rotatable bonds is 4. The van der Waals surface area contributed by atoms with E-state index in [4.69, 9.17) is 0 Å². The summed E-state index contributed by atoms with van der Waals surface area (Å²) in [6.07, 6.45) is 4.09. The van der Waals surface area contributed by atoms with Gasteiger partial charge in [-0.1, -0.05) is 54.6 Å². The number of amides is 1. The van der Waals surface area contributed by atoms with E-state index in [2.05, 4.69) is 27.0 Å². The van der Waals surface area contributed by atoms with E-state index in [0.717, 1.165) is 11.3 Å². The molecule has 1 aliphatic rings. The monoisotopic (exact) mass is 317 g/mol. The maximum Gasteiger partial charge on any atom is 0.222 e. The molecule has 0 spiro atoms. The van der Waals surface area contributed by atoms with Gasteiger partial charge in [0.2, 0.25) is 5.91 Å². The highest BCUT2D eigenvalue weighted by molar-refractivity contribution is 5.79. The number of imidazole rings is 1. The second-order valence-electron chi connectivity index (χ2n) is 6.19. The third-order valence-electron chi connectivity index (χ3n) is 4.65. The van der Waals surface area contributed by atoms with Crippen molar-refractivity contribution >= 4 is 5.91 Å². The molecule has 1 aliphatic heterocycles. The molecule has 1 amide bonds. The SMILES string of the molecule is CC(NC(=O)CC1c2ccccc2-c2cncn21)c1ccccc1. The Kier molecular flexibility index (Phi) is 3.65.